The fourth-order valence-electron chi connectivity index (χ4n) is 5.49. The van der Waals surface area contributed by atoms with Crippen LogP contribution in [-0.4, -0.2) is 47.5 Å². The Morgan fingerprint density at radius 1 is 1.29 bits per heavy atom. The number of likely N-dealkylation sites (tertiary alicyclic amines) is 1. The maximum absolute atomic E-state index is 13.5. The average Bonchev–Trinajstić information content (AvgIpc) is 3.47. The second-order valence-corrected chi connectivity index (χ2v) is 8.13. The van der Waals surface area contributed by atoms with Crippen LogP contribution < -0.4 is 4.74 Å². The molecule has 1 spiro atoms. The molecule has 1 aromatic carbocycles. The molecule has 4 heterocycles. The van der Waals surface area contributed by atoms with E-state index < -0.39 is 0 Å². The van der Waals surface area contributed by atoms with Gasteiger partial charge in [0.15, 0.2) is 0 Å². The monoisotopic (exact) mass is 378 g/mol. The third kappa shape index (κ3) is 2.68. The van der Waals surface area contributed by atoms with Gasteiger partial charge in [-0.2, -0.15) is 0 Å². The van der Waals surface area contributed by atoms with Crippen LogP contribution in [0.25, 0.3) is 6.08 Å². The van der Waals surface area contributed by atoms with Crippen molar-refractivity contribution in [1.29, 1.82) is 0 Å². The van der Waals surface area contributed by atoms with Crippen molar-refractivity contribution in [1.82, 2.24) is 9.80 Å². The summed E-state index contributed by atoms with van der Waals surface area (Å²) in [6.07, 6.45) is 9.11. The first-order chi connectivity index (χ1) is 13.7. The van der Waals surface area contributed by atoms with Gasteiger partial charge in [0.1, 0.15) is 17.0 Å². The highest BCUT2D eigenvalue weighted by Gasteiger charge is 2.64. The fraction of sp³-hybridized carbons (Fsp3) is 0.435. The Kier molecular flexibility index (Phi) is 4.27. The minimum absolute atomic E-state index is 0.287. The SMILES string of the molecule is COc1ccc(CN2C[C@@H]3C[C@@H](/C=C/c4ccco4)N4CCC[C@@]34C2=O)cc1. The summed E-state index contributed by atoms with van der Waals surface area (Å²) < 4.78 is 10.7. The lowest BCUT2D eigenvalue weighted by Gasteiger charge is -2.32. The molecule has 3 saturated heterocycles. The molecule has 0 saturated carbocycles. The molecule has 0 bridgehead atoms. The Balaban J connectivity index is 1.34. The van der Waals surface area contributed by atoms with Crippen LogP contribution in [-0.2, 0) is 11.3 Å². The van der Waals surface area contributed by atoms with Gasteiger partial charge in [-0.05, 0) is 61.7 Å². The summed E-state index contributed by atoms with van der Waals surface area (Å²) >= 11 is 0. The second-order valence-electron chi connectivity index (χ2n) is 8.13. The number of carbonyl (C=O) groups is 1. The van der Waals surface area contributed by atoms with Crippen LogP contribution in [0, 0.1) is 5.92 Å². The molecule has 5 rings (SSSR count). The van der Waals surface area contributed by atoms with Gasteiger partial charge in [-0.25, -0.2) is 0 Å². The summed E-state index contributed by atoms with van der Waals surface area (Å²) in [4.78, 5) is 18.0. The summed E-state index contributed by atoms with van der Waals surface area (Å²) in [5.74, 6) is 2.45. The van der Waals surface area contributed by atoms with E-state index >= 15 is 0 Å². The van der Waals surface area contributed by atoms with Crippen molar-refractivity contribution in [3.63, 3.8) is 0 Å². The quantitative estimate of drug-likeness (QED) is 0.798. The molecule has 146 valence electrons. The largest absolute Gasteiger partial charge is 0.497 e. The number of amides is 1. The molecule has 5 nitrogen and oxygen atoms in total. The van der Waals surface area contributed by atoms with Gasteiger partial charge >= 0.3 is 0 Å². The summed E-state index contributed by atoms with van der Waals surface area (Å²) in [7, 11) is 1.67. The first kappa shape index (κ1) is 17.6. The van der Waals surface area contributed by atoms with Crippen LogP contribution in [0.4, 0.5) is 0 Å². The second kappa shape index (κ2) is 6.82. The lowest BCUT2D eigenvalue weighted by molar-refractivity contribution is -0.137. The van der Waals surface area contributed by atoms with Crippen molar-refractivity contribution in [2.75, 3.05) is 20.2 Å². The van der Waals surface area contributed by atoms with E-state index in [9.17, 15) is 4.79 Å². The third-order valence-corrected chi connectivity index (χ3v) is 6.73. The van der Waals surface area contributed by atoms with Crippen molar-refractivity contribution < 1.29 is 13.9 Å². The molecule has 3 aliphatic rings. The number of rotatable bonds is 5. The van der Waals surface area contributed by atoms with E-state index in [0.29, 0.717) is 24.4 Å². The molecule has 0 aliphatic carbocycles. The molecular weight excluding hydrogens is 352 g/mol. The van der Waals surface area contributed by atoms with Crippen LogP contribution in [0.3, 0.4) is 0 Å². The molecule has 0 radical (unpaired) electrons. The number of ether oxygens (including phenoxy) is 1. The first-order valence-electron chi connectivity index (χ1n) is 10.1. The van der Waals surface area contributed by atoms with Gasteiger partial charge in [-0.1, -0.05) is 18.2 Å². The zero-order valence-corrected chi connectivity index (χ0v) is 16.2. The van der Waals surface area contributed by atoms with Crippen LogP contribution in [0.2, 0.25) is 0 Å². The normalized spacial score (nSPS) is 29.6. The number of methoxy groups -OCH3 is 1. The molecule has 0 unspecified atom stereocenters. The Labute approximate surface area is 165 Å². The maximum atomic E-state index is 13.5. The number of hydrogen-bond acceptors (Lipinski definition) is 4. The van der Waals surface area contributed by atoms with E-state index in [1.165, 1.54) is 0 Å². The summed E-state index contributed by atoms with van der Waals surface area (Å²) in [5.41, 5.74) is 0.870. The van der Waals surface area contributed by atoms with E-state index in [4.69, 9.17) is 9.15 Å². The molecule has 1 amide bonds. The van der Waals surface area contributed by atoms with E-state index in [2.05, 4.69) is 34.1 Å². The molecule has 0 N–H and O–H groups in total. The maximum Gasteiger partial charge on any atom is 0.243 e. The molecule has 3 aliphatic heterocycles. The number of nitrogens with zero attached hydrogens (tertiary/aromatic N) is 2. The standard InChI is InChI=1S/C23H26N2O3/c1-27-20-8-5-17(6-9-20)15-24-16-18-14-19(7-10-21-4-2-13-28-21)25-12-3-11-23(18,25)22(24)26/h2,4-10,13,18-19H,3,11-12,14-16H2,1H3/b10-7+/t18-,19+,23-/m0/s1. The topological polar surface area (TPSA) is 45.9 Å². The molecule has 1 aromatic heterocycles. The van der Waals surface area contributed by atoms with Crippen molar-refractivity contribution in [3.05, 3.63) is 60.1 Å². The Hall–Kier alpha value is -2.53. The smallest absolute Gasteiger partial charge is 0.243 e. The Bertz CT molecular complexity index is 874. The molecule has 3 fully saturated rings. The van der Waals surface area contributed by atoms with Gasteiger partial charge in [0.05, 0.1) is 13.4 Å². The number of benzene rings is 1. The van der Waals surface area contributed by atoms with Crippen LogP contribution in [0.1, 0.15) is 30.6 Å². The highest BCUT2D eigenvalue weighted by atomic mass is 16.5. The van der Waals surface area contributed by atoms with E-state index in [0.717, 1.165) is 49.4 Å². The molecule has 3 atom stereocenters. The van der Waals surface area contributed by atoms with Crippen molar-refractivity contribution in [2.24, 2.45) is 5.92 Å². The van der Waals surface area contributed by atoms with Crippen molar-refractivity contribution >= 4 is 12.0 Å². The zero-order chi connectivity index (χ0) is 19.1. The molecule has 2 aromatic rings. The Morgan fingerprint density at radius 2 is 2.14 bits per heavy atom. The number of hydrogen-bond donors (Lipinski definition) is 0. The van der Waals surface area contributed by atoms with Crippen molar-refractivity contribution in [2.45, 2.75) is 37.4 Å². The predicted octanol–water partition coefficient (Wildman–Crippen LogP) is 3.57. The van der Waals surface area contributed by atoms with Gasteiger partial charge in [0, 0.05) is 25.0 Å². The first-order valence-corrected chi connectivity index (χ1v) is 10.1. The lowest BCUT2D eigenvalue weighted by Crippen LogP contribution is -2.50. The van der Waals surface area contributed by atoms with E-state index in [-0.39, 0.29) is 5.54 Å². The summed E-state index contributed by atoms with van der Waals surface area (Å²) in [5, 5.41) is 0. The predicted molar refractivity (Wildman–Crippen MR) is 107 cm³/mol. The van der Waals surface area contributed by atoms with Gasteiger partial charge in [0.2, 0.25) is 5.91 Å². The number of carbonyl (C=O) groups excluding carboxylic acids is 1. The van der Waals surface area contributed by atoms with Crippen LogP contribution >= 0.6 is 0 Å². The van der Waals surface area contributed by atoms with E-state index in [1.54, 1.807) is 13.4 Å². The van der Waals surface area contributed by atoms with Gasteiger partial charge in [-0.3, -0.25) is 9.69 Å². The summed E-state index contributed by atoms with van der Waals surface area (Å²) in [6.45, 7) is 2.54. The molecular formula is C23H26N2O3. The zero-order valence-electron chi connectivity index (χ0n) is 16.2. The molecule has 28 heavy (non-hydrogen) atoms. The number of furan rings is 1. The van der Waals surface area contributed by atoms with Crippen LogP contribution in [0.15, 0.2) is 53.2 Å². The fourth-order valence-corrected chi connectivity index (χ4v) is 5.49. The minimum atomic E-state index is -0.287. The summed E-state index contributed by atoms with van der Waals surface area (Å²) in [6, 6.07) is 12.2. The third-order valence-electron chi connectivity index (χ3n) is 6.73. The highest BCUT2D eigenvalue weighted by molar-refractivity contribution is 5.90. The van der Waals surface area contributed by atoms with E-state index in [1.807, 2.05) is 24.3 Å². The van der Waals surface area contributed by atoms with Gasteiger partial charge in [-0.15, -0.1) is 0 Å². The lowest BCUT2D eigenvalue weighted by atomic mass is 9.85. The van der Waals surface area contributed by atoms with Crippen molar-refractivity contribution in [3.8, 4) is 5.75 Å². The van der Waals surface area contributed by atoms with Gasteiger partial charge < -0.3 is 14.1 Å². The molecule has 5 heteroatoms. The average molecular weight is 378 g/mol. The van der Waals surface area contributed by atoms with Gasteiger partial charge in [0.25, 0.3) is 0 Å². The highest BCUT2D eigenvalue weighted by Crippen LogP contribution is 2.51. The Morgan fingerprint density at radius 3 is 2.89 bits per heavy atom. The minimum Gasteiger partial charge on any atom is -0.497 e. The van der Waals surface area contributed by atoms with Crippen LogP contribution in [0.5, 0.6) is 5.75 Å².